The molecule has 0 heterocycles. The van der Waals surface area contributed by atoms with Gasteiger partial charge in [0.05, 0.1) is 12.7 Å². The molecule has 0 fully saturated rings. The fourth-order valence-corrected chi connectivity index (χ4v) is 1.04. The van der Waals surface area contributed by atoms with E-state index in [0.29, 0.717) is 19.0 Å². The fourth-order valence-electron chi connectivity index (χ4n) is 1.04. The van der Waals surface area contributed by atoms with Gasteiger partial charge in [0.15, 0.2) is 0 Å². The molecular formula is C12H25O2. The number of hydrogen-bond acceptors (Lipinski definition) is 2. The van der Waals surface area contributed by atoms with Crippen molar-refractivity contribution in [3.63, 3.8) is 0 Å². The summed E-state index contributed by atoms with van der Waals surface area (Å²) in [5.41, 5.74) is 0.193. The minimum absolute atomic E-state index is 0.193. The first-order valence-electron chi connectivity index (χ1n) is 5.52. The molecule has 0 aliphatic heterocycles. The van der Waals surface area contributed by atoms with Gasteiger partial charge in [0.25, 0.3) is 0 Å². The minimum atomic E-state index is 0.193. The molecule has 0 atom stereocenters. The van der Waals surface area contributed by atoms with Crippen molar-refractivity contribution in [3.05, 3.63) is 6.29 Å². The molecule has 0 aromatic rings. The molecule has 0 aromatic carbocycles. The van der Waals surface area contributed by atoms with Crippen LogP contribution in [-0.4, -0.2) is 12.7 Å². The summed E-state index contributed by atoms with van der Waals surface area (Å²) in [5, 5.41) is 0. The average molecular weight is 201 g/mol. The molecule has 0 saturated carbocycles. The second kappa shape index (κ2) is 6.41. The van der Waals surface area contributed by atoms with Crippen molar-refractivity contribution in [3.8, 4) is 0 Å². The van der Waals surface area contributed by atoms with Gasteiger partial charge in [-0.15, -0.1) is 0 Å². The van der Waals surface area contributed by atoms with Gasteiger partial charge < -0.3 is 9.47 Å². The van der Waals surface area contributed by atoms with Crippen molar-refractivity contribution in [2.24, 2.45) is 5.41 Å². The number of rotatable bonds is 6. The molecule has 0 saturated heterocycles. The van der Waals surface area contributed by atoms with E-state index in [4.69, 9.17) is 9.47 Å². The lowest BCUT2D eigenvalue weighted by Gasteiger charge is -2.23. The number of hydrogen-bond donors (Lipinski definition) is 0. The molecular weight excluding hydrogens is 176 g/mol. The largest absolute Gasteiger partial charge is 0.345 e. The summed E-state index contributed by atoms with van der Waals surface area (Å²) in [6.45, 7) is 13.3. The quantitative estimate of drug-likeness (QED) is 0.651. The van der Waals surface area contributed by atoms with Crippen LogP contribution < -0.4 is 0 Å². The van der Waals surface area contributed by atoms with Gasteiger partial charge in [-0.05, 0) is 25.2 Å². The molecule has 1 radical (unpaired) electrons. The van der Waals surface area contributed by atoms with Gasteiger partial charge in [-0.25, -0.2) is 0 Å². The van der Waals surface area contributed by atoms with E-state index in [9.17, 15) is 0 Å². The Morgan fingerprint density at radius 1 is 1.14 bits per heavy atom. The van der Waals surface area contributed by atoms with Gasteiger partial charge in [0.2, 0.25) is 6.29 Å². The first kappa shape index (κ1) is 13.9. The number of ether oxygens (including phenoxy) is 2. The minimum Gasteiger partial charge on any atom is -0.345 e. The second-order valence-electron chi connectivity index (χ2n) is 4.90. The highest BCUT2D eigenvalue weighted by atomic mass is 16.7. The Labute approximate surface area is 89.0 Å². The van der Waals surface area contributed by atoms with E-state index in [0.717, 1.165) is 12.8 Å². The molecule has 0 rings (SSSR count). The van der Waals surface area contributed by atoms with Crippen molar-refractivity contribution >= 4 is 0 Å². The van der Waals surface area contributed by atoms with Crippen molar-refractivity contribution in [1.29, 1.82) is 0 Å². The second-order valence-corrected chi connectivity index (χ2v) is 4.90. The maximum atomic E-state index is 5.64. The van der Waals surface area contributed by atoms with Gasteiger partial charge in [0.1, 0.15) is 0 Å². The van der Waals surface area contributed by atoms with E-state index in [1.54, 1.807) is 0 Å². The molecule has 2 heteroatoms. The van der Waals surface area contributed by atoms with E-state index in [1.807, 2.05) is 6.92 Å². The van der Waals surface area contributed by atoms with Crippen LogP contribution in [-0.2, 0) is 9.47 Å². The highest BCUT2D eigenvalue weighted by molar-refractivity contribution is 4.66. The van der Waals surface area contributed by atoms with Crippen LogP contribution in [0.3, 0.4) is 0 Å². The monoisotopic (exact) mass is 201 g/mol. The molecule has 0 unspecified atom stereocenters. The third-order valence-electron chi connectivity index (χ3n) is 1.95. The maximum Gasteiger partial charge on any atom is 0.220 e. The van der Waals surface area contributed by atoms with Gasteiger partial charge in [-0.2, -0.15) is 0 Å². The molecule has 0 aliphatic carbocycles. The Morgan fingerprint density at radius 3 is 2.00 bits per heavy atom. The van der Waals surface area contributed by atoms with E-state index >= 15 is 0 Å². The predicted octanol–water partition coefficient (Wildman–Crippen LogP) is 3.76. The summed E-state index contributed by atoms with van der Waals surface area (Å²) in [7, 11) is 0. The van der Waals surface area contributed by atoms with Crippen molar-refractivity contribution < 1.29 is 9.47 Å². The van der Waals surface area contributed by atoms with E-state index in [-0.39, 0.29) is 5.41 Å². The van der Waals surface area contributed by atoms with Gasteiger partial charge in [-0.1, -0.05) is 34.6 Å². The Morgan fingerprint density at radius 2 is 1.64 bits per heavy atom. The molecule has 0 spiro atoms. The first-order valence-corrected chi connectivity index (χ1v) is 5.52. The van der Waals surface area contributed by atoms with Crippen LogP contribution in [0.4, 0.5) is 0 Å². The Kier molecular flexibility index (Phi) is 6.38. The Bertz CT molecular complexity index is 134. The van der Waals surface area contributed by atoms with Crippen LogP contribution in [0.15, 0.2) is 0 Å². The van der Waals surface area contributed by atoms with Crippen LogP contribution >= 0.6 is 0 Å². The molecule has 0 bridgehead atoms. The third-order valence-corrected chi connectivity index (χ3v) is 1.95. The Hall–Kier alpha value is -0.0800. The molecule has 0 N–H and O–H groups in total. The van der Waals surface area contributed by atoms with Crippen LogP contribution in [0, 0.1) is 11.7 Å². The standard InChI is InChI=1S/C12H25O2/c1-7-11(8-2)14-10(3)13-9-12(4,5)6/h11H,7-9H2,1-6H3. The summed E-state index contributed by atoms with van der Waals surface area (Å²) in [5.74, 6) is 0. The van der Waals surface area contributed by atoms with Gasteiger partial charge in [-0.3, -0.25) is 0 Å². The SMILES string of the molecule is CCC(CC)O[C](C)OCC(C)(C)C. The van der Waals surface area contributed by atoms with Crippen molar-refractivity contribution in [2.75, 3.05) is 6.61 Å². The highest BCUT2D eigenvalue weighted by Crippen LogP contribution is 2.18. The summed E-state index contributed by atoms with van der Waals surface area (Å²) in [4.78, 5) is 0. The molecule has 85 valence electrons. The zero-order valence-electron chi connectivity index (χ0n) is 10.5. The predicted molar refractivity (Wildman–Crippen MR) is 59.8 cm³/mol. The van der Waals surface area contributed by atoms with Gasteiger partial charge >= 0.3 is 0 Å². The third kappa shape index (κ3) is 7.34. The zero-order valence-corrected chi connectivity index (χ0v) is 10.5. The van der Waals surface area contributed by atoms with Crippen molar-refractivity contribution in [2.45, 2.75) is 60.5 Å². The molecule has 14 heavy (non-hydrogen) atoms. The smallest absolute Gasteiger partial charge is 0.220 e. The topological polar surface area (TPSA) is 18.5 Å². The first-order chi connectivity index (χ1) is 6.39. The Balaban J connectivity index is 3.69. The molecule has 0 amide bonds. The van der Waals surface area contributed by atoms with Crippen LogP contribution in [0.2, 0.25) is 0 Å². The van der Waals surface area contributed by atoms with Crippen LogP contribution in [0.5, 0.6) is 0 Å². The maximum absolute atomic E-state index is 5.64. The molecule has 0 aliphatic rings. The van der Waals surface area contributed by atoms with Crippen LogP contribution in [0.1, 0.15) is 54.4 Å². The normalized spacial score (nSPS) is 12.9. The van der Waals surface area contributed by atoms with Gasteiger partial charge in [0, 0.05) is 0 Å². The van der Waals surface area contributed by atoms with E-state index in [1.165, 1.54) is 0 Å². The van der Waals surface area contributed by atoms with Crippen LogP contribution in [0.25, 0.3) is 0 Å². The molecule has 2 nitrogen and oxygen atoms in total. The summed E-state index contributed by atoms with van der Waals surface area (Å²) >= 11 is 0. The average Bonchev–Trinajstić information content (AvgIpc) is 2.09. The summed E-state index contributed by atoms with van der Waals surface area (Å²) in [6.07, 6.45) is 3.07. The lowest BCUT2D eigenvalue weighted by molar-refractivity contribution is -0.0904. The lowest BCUT2D eigenvalue weighted by Crippen LogP contribution is -2.20. The van der Waals surface area contributed by atoms with E-state index in [2.05, 4.69) is 34.6 Å². The summed E-state index contributed by atoms with van der Waals surface area (Å²) in [6, 6.07) is 0. The molecule has 0 aromatic heterocycles. The summed E-state index contributed by atoms with van der Waals surface area (Å²) < 4.78 is 11.2. The lowest BCUT2D eigenvalue weighted by atomic mass is 9.99. The van der Waals surface area contributed by atoms with Crippen molar-refractivity contribution in [1.82, 2.24) is 0 Å². The van der Waals surface area contributed by atoms with E-state index < -0.39 is 0 Å². The fraction of sp³-hybridized carbons (Fsp3) is 0.917. The highest BCUT2D eigenvalue weighted by Gasteiger charge is 2.16. The zero-order chi connectivity index (χ0) is 11.2.